The number of hydrogen-bond acceptors (Lipinski definition) is 5. The first kappa shape index (κ1) is 14.6. The summed E-state index contributed by atoms with van der Waals surface area (Å²) in [7, 11) is 3.50. The number of hydrogen-bond donors (Lipinski definition) is 0. The molecule has 106 valence electrons. The second kappa shape index (κ2) is 6.09. The maximum atomic E-state index is 6.04. The van der Waals surface area contributed by atoms with Gasteiger partial charge in [-0.3, -0.25) is 0 Å². The molecule has 18 heavy (non-hydrogen) atoms. The zero-order chi connectivity index (χ0) is 13.2. The van der Waals surface area contributed by atoms with Gasteiger partial charge in [-0.15, -0.1) is 0 Å². The van der Waals surface area contributed by atoms with E-state index in [1.807, 2.05) is 25.6 Å². The molecule has 2 heterocycles. The first-order valence-electron chi connectivity index (χ1n) is 6.56. The molecule has 0 unspecified atom stereocenters. The highest BCUT2D eigenvalue weighted by atomic mass is 32.2. The summed E-state index contributed by atoms with van der Waals surface area (Å²) in [6, 6.07) is 0. The van der Waals surface area contributed by atoms with E-state index < -0.39 is 5.79 Å². The molecule has 2 saturated heterocycles. The van der Waals surface area contributed by atoms with Crippen molar-refractivity contribution in [2.75, 3.05) is 25.7 Å². The Kier molecular flexibility index (Phi) is 4.94. The van der Waals surface area contributed by atoms with Crippen molar-refractivity contribution in [2.45, 2.75) is 56.9 Å². The molecular weight excluding hydrogens is 252 g/mol. The molecule has 0 radical (unpaired) electrons. The SMILES string of the molecule is CO[C@@H]1CCSCC[C@@H](OC)[C@H]2OC(C)(C)O[C@@H]21. The molecule has 0 aromatic rings. The zero-order valence-electron chi connectivity index (χ0n) is 11.7. The lowest BCUT2D eigenvalue weighted by atomic mass is 10.00. The number of fused-ring (bicyclic) bond motifs is 1. The standard InChI is InChI=1S/C13H24O4S/c1-13(2)16-11-9(14-3)5-7-18-8-6-10(15-4)12(11)17-13/h9-12H,5-8H2,1-4H3/t9-,10-,11-,12-/m1/s1. The van der Waals surface area contributed by atoms with E-state index in [1.54, 1.807) is 14.2 Å². The van der Waals surface area contributed by atoms with Crippen LogP contribution in [0.1, 0.15) is 26.7 Å². The summed E-state index contributed by atoms with van der Waals surface area (Å²) < 4.78 is 23.3. The first-order chi connectivity index (χ1) is 8.57. The molecule has 0 amide bonds. The Morgan fingerprint density at radius 2 is 1.39 bits per heavy atom. The molecule has 2 aliphatic rings. The molecule has 0 aromatic heterocycles. The van der Waals surface area contributed by atoms with Gasteiger partial charge in [0.15, 0.2) is 5.79 Å². The fourth-order valence-corrected chi connectivity index (χ4v) is 3.73. The average Bonchev–Trinajstić information content (AvgIpc) is 2.66. The molecule has 2 aliphatic heterocycles. The third-order valence-electron chi connectivity index (χ3n) is 3.60. The molecule has 5 heteroatoms. The molecule has 2 rings (SSSR count). The number of ether oxygens (including phenoxy) is 4. The minimum atomic E-state index is -0.546. The van der Waals surface area contributed by atoms with Gasteiger partial charge in [0.25, 0.3) is 0 Å². The van der Waals surface area contributed by atoms with Gasteiger partial charge in [0.05, 0.1) is 12.2 Å². The quantitative estimate of drug-likeness (QED) is 0.771. The largest absolute Gasteiger partial charge is 0.379 e. The van der Waals surface area contributed by atoms with Gasteiger partial charge >= 0.3 is 0 Å². The van der Waals surface area contributed by atoms with E-state index in [4.69, 9.17) is 18.9 Å². The summed E-state index contributed by atoms with van der Waals surface area (Å²) in [4.78, 5) is 0. The molecule has 0 N–H and O–H groups in total. The van der Waals surface area contributed by atoms with Crippen molar-refractivity contribution < 1.29 is 18.9 Å². The maximum absolute atomic E-state index is 6.04. The van der Waals surface area contributed by atoms with Crippen LogP contribution in [-0.4, -0.2) is 55.9 Å². The Hall–Kier alpha value is 0.190. The van der Waals surface area contributed by atoms with Crippen LogP contribution >= 0.6 is 11.8 Å². The van der Waals surface area contributed by atoms with E-state index in [-0.39, 0.29) is 24.4 Å². The second-order valence-electron chi connectivity index (χ2n) is 5.30. The highest BCUT2D eigenvalue weighted by Gasteiger charge is 2.48. The van der Waals surface area contributed by atoms with Gasteiger partial charge in [-0.2, -0.15) is 11.8 Å². The fraction of sp³-hybridized carbons (Fsp3) is 1.00. The van der Waals surface area contributed by atoms with E-state index in [2.05, 4.69) is 0 Å². The summed E-state index contributed by atoms with van der Waals surface area (Å²) in [6.07, 6.45) is 2.10. The van der Waals surface area contributed by atoms with Gasteiger partial charge in [-0.1, -0.05) is 0 Å². The van der Waals surface area contributed by atoms with Crippen LogP contribution in [0.5, 0.6) is 0 Å². The lowest BCUT2D eigenvalue weighted by molar-refractivity contribution is -0.163. The van der Waals surface area contributed by atoms with Crippen LogP contribution in [0, 0.1) is 0 Å². The Bertz CT molecular complexity index is 248. The molecule has 4 nitrogen and oxygen atoms in total. The normalized spacial score (nSPS) is 40.7. The average molecular weight is 276 g/mol. The third-order valence-corrected chi connectivity index (χ3v) is 4.64. The van der Waals surface area contributed by atoms with Crippen LogP contribution in [0.4, 0.5) is 0 Å². The second-order valence-corrected chi connectivity index (χ2v) is 6.53. The van der Waals surface area contributed by atoms with Crippen molar-refractivity contribution in [3.05, 3.63) is 0 Å². The van der Waals surface area contributed by atoms with Gasteiger partial charge in [-0.25, -0.2) is 0 Å². The minimum absolute atomic E-state index is 0.0337. The van der Waals surface area contributed by atoms with E-state index in [0.717, 1.165) is 24.3 Å². The van der Waals surface area contributed by atoms with Gasteiger partial charge in [0.2, 0.25) is 0 Å². The topological polar surface area (TPSA) is 36.9 Å². The van der Waals surface area contributed by atoms with Gasteiger partial charge in [0, 0.05) is 14.2 Å². The molecule has 0 bridgehead atoms. The van der Waals surface area contributed by atoms with Gasteiger partial charge in [0.1, 0.15) is 12.2 Å². The van der Waals surface area contributed by atoms with Crippen LogP contribution in [0.2, 0.25) is 0 Å². The van der Waals surface area contributed by atoms with Crippen LogP contribution in [0.25, 0.3) is 0 Å². The third kappa shape index (κ3) is 3.20. The molecular formula is C13H24O4S. The maximum Gasteiger partial charge on any atom is 0.164 e. The van der Waals surface area contributed by atoms with Crippen LogP contribution in [-0.2, 0) is 18.9 Å². The van der Waals surface area contributed by atoms with E-state index in [0.29, 0.717) is 0 Å². The summed E-state index contributed by atoms with van der Waals surface area (Å²) in [5, 5.41) is 0. The Balaban J connectivity index is 2.19. The molecule has 0 aromatic carbocycles. The molecule has 0 aliphatic carbocycles. The number of thioether (sulfide) groups is 1. The van der Waals surface area contributed by atoms with E-state index in [9.17, 15) is 0 Å². The lowest BCUT2D eigenvalue weighted by Crippen LogP contribution is -2.43. The minimum Gasteiger partial charge on any atom is -0.379 e. The Morgan fingerprint density at radius 3 is 1.78 bits per heavy atom. The highest BCUT2D eigenvalue weighted by Crippen LogP contribution is 2.36. The smallest absolute Gasteiger partial charge is 0.164 e. The molecule has 0 saturated carbocycles. The van der Waals surface area contributed by atoms with E-state index >= 15 is 0 Å². The highest BCUT2D eigenvalue weighted by molar-refractivity contribution is 7.99. The summed E-state index contributed by atoms with van der Waals surface area (Å²) in [5.74, 6) is 1.65. The van der Waals surface area contributed by atoms with Crippen molar-refractivity contribution in [1.29, 1.82) is 0 Å². The first-order valence-corrected chi connectivity index (χ1v) is 7.72. The molecule has 2 fully saturated rings. The van der Waals surface area contributed by atoms with Crippen molar-refractivity contribution in [2.24, 2.45) is 0 Å². The van der Waals surface area contributed by atoms with Crippen molar-refractivity contribution in [1.82, 2.24) is 0 Å². The Labute approximate surface area is 114 Å². The van der Waals surface area contributed by atoms with Crippen molar-refractivity contribution in [3.63, 3.8) is 0 Å². The fourth-order valence-electron chi connectivity index (χ4n) is 2.73. The van der Waals surface area contributed by atoms with Gasteiger partial charge < -0.3 is 18.9 Å². The Morgan fingerprint density at radius 1 is 0.944 bits per heavy atom. The number of methoxy groups -OCH3 is 2. The lowest BCUT2D eigenvalue weighted by Gasteiger charge is -2.28. The zero-order valence-corrected chi connectivity index (χ0v) is 12.5. The predicted molar refractivity (Wildman–Crippen MR) is 72.0 cm³/mol. The summed E-state index contributed by atoms with van der Waals surface area (Å²) in [5.41, 5.74) is 0. The predicted octanol–water partition coefficient (Wildman–Crippen LogP) is 2.06. The summed E-state index contributed by atoms with van der Waals surface area (Å²) >= 11 is 1.95. The van der Waals surface area contributed by atoms with E-state index in [1.165, 1.54) is 0 Å². The van der Waals surface area contributed by atoms with Crippen LogP contribution in [0.3, 0.4) is 0 Å². The number of rotatable bonds is 2. The van der Waals surface area contributed by atoms with Gasteiger partial charge in [-0.05, 0) is 38.2 Å². The monoisotopic (exact) mass is 276 g/mol. The van der Waals surface area contributed by atoms with Crippen molar-refractivity contribution >= 4 is 11.8 Å². The molecule has 0 spiro atoms. The summed E-state index contributed by atoms with van der Waals surface area (Å²) in [6.45, 7) is 3.92. The van der Waals surface area contributed by atoms with Crippen LogP contribution in [0.15, 0.2) is 0 Å². The van der Waals surface area contributed by atoms with Crippen LogP contribution < -0.4 is 0 Å². The van der Waals surface area contributed by atoms with Crippen molar-refractivity contribution in [3.8, 4) is 0 Å². The molecule has 4 atom stereocenters.